The van der Waals surface area contributed by atoms with Crippen LogP contribution in [-0.2, 0) is 11.3 Å². The molecule has 5 heteroatoms. The van der Waals surface area contributed by atoms with Gasteiger partial charge in [-0.3, -0.25) is 4.90 Å². The summed E-state index contributed by atoms with van der Waals surface area (Å²) in [7, 11) is 0. The van der Waals surface area contributed by atoms with Crippen molar-refractivity contribution in [2.24, 2.45) is 0 Å². The quantitative estimate of drug-likeness (QED) is 0.847. The highest BCUT2D eigenvalue weighted by atomic mass is 16.5. The van der Waals surface area contributed by atoms with Crippen molar-refractivity contribution in [2.75, 3.05) is 13.2 Å². The molecule has 0 N–H and O–H groups in total. The van der Waals surface area contributed by atoms with E-state index < -0.39 is 0 Å². The van der Waals surface area contributed by atoms with Gasteiger partial charge in [-0.15, -0.1) is 0 Å². The Hall–Kier alpha value is -1.72. The molecule has 2 saturated heterocycles. The van der Waals surface area contributed by atoms with Crippen molar-refractivity contribution >= 4 is 0 Å². The second-order valence-corrected chi connectivity index (χ2v) is 6.40. The fraction of sp³-hybridized carbons (Fsp3) is 0.556. The Kier molecular flexibility index (Phi) is 4.14. The number of hydrogen-bond donors (Lipinski definition) is 0. The third-order valence-corrected chi connectivity index (χ3v) is 5.11. The molecule has 0 aliphatic carbocycles. The van der Waals surface area contributed by atoms with Gasteiger partial charge in [0.15, 0.2) is 5.82 Å². The number of aromatic nitrogens is 2. The molecule has 122 valence electrons. The van der Waals surface area contributed by atoms with Gasteiger partial charge in [-0.25, -0.2) is 0 Å². The molecule has 4 rings (SSSR count). The topological polar surface area (TPSA) is 51.4 Å². The molecule has 0 bridgehead atoms. The van der Waals surface area contributed by atoms with Gasteiger partial charge in [0.25, 0.3) is 5.89 Å². The zero-order valence-corrected chi connectivity index (χ0v) is 13.5. The number of ether oxygens (including phenoxy) is 1. The lowest BCUT2D eigenvalue weighted by Gasteiger charge is -2.24. The highest BCUT2D eigenvalue weighted by Gasteiger charge is 2.46. The summed E-state index contributed by atoms with van der Waals surface area (Å²) >= 11 is 0. The monoisotopic (exact) mass is 313 g/mol. The van der Waals surface area contributed by atoms with Crippen molar-refractivity contribution < 1.29 is 9.26 Å². The van der Waals surface area contributed by atoms with Crippen LogP contribution >= 0.6 is 0 Å². The van der Waals surface area contributed by atoms with Crippen LogP contribution in [-0.4, -0.2) is 34.2 Å². The van der Waals surface area contributed by atoms with Crippen LogP contribution in [0.25, 0.3) is 0 Å². The summed E-state index contributed by atoms with van der Waals surface area (Å²) in [6.45, 7) is 4.21. The number of rotatable bonds is 5. The SMILES string of the molecule is CCOCc1nc([C@@H]2C[C@H](c3ccccc3)N3CCC[C@@H]23)no1. The van der Waals surface area contributed by atoms with Crippen LogP contribution in [0.1, 0.15) is 55.4 Å². The maximum absolute atomic E-state index is 5.37. The molecule has 3 atom stereocenters. The fourth-order valence-corrected chi connectivity index (χ4v) is 4.11. The molecule has 2 aliphatic heterocycles. The molecule has 2 aromatic rings. The Bertz CT molecular complexity index is 643. The lowest BCUT2D eigenvalue weighted by Crippen LogP contribution is -2.27. The predicted molar refractivity (Wildman–Crippen MR) is 85.9 cm³/mol. The van der Waals surface area contributed by atoms with Crippen LogP contribution < -0.4 is 0 Å². The summed E-state index contributed by atoms with van der Waals surface area (Å²) < 4.78 is 10.7. The van der Waals surface area contributed by atoms with Crippen molar-refractivity contribution in [1.29, 1.82) is 0 Å². The Balaban J connectivity index is 1.56. The molecular formula is C18H23N3O2. The normalized spacial score (nSPS) is 27.4. The molecule has 23 heavy (non-hydrogen) atoms. The summed E-state index contributed by atoms with van der Waals surface area (Å²) in [5, 5.41) is 4.25. The first-order valence-corrected chi connectivity index (χ1v) is 8.57. The molecule has 2 aliphatic rings. The summed E-state index contributed by atoms with van der Waals surface area (Å²) in [5.41, 5.74) is 1.40. The number of hydrogen-bond acceptors (Lipinski definition) is 5. The summed E-state index contributed by atoms with van der Waals surface area (Å²) in [6, 6.07) is 11.8. The van der Waals surface area contributed by atoms with Gasteiger partial charge in [-0.2, -0.15) is 4.98 Å². The number of benzene rings is 1. The van der Waals surface area contributed by atoms with E-state index >= 15 is 0 Å². The maximum atomic E-state index is 5.37. The van der Waals surface area contributed by atoms with E-state index in [-0.39, 0.29) is 0 Å². The van der Waals surface area contributed by atoms with Crippen LogP contribution in [0, 0.1) is 0 Å². The first kappa shape index (κ1) is 14.8. The summed E-state index contributed by atoms with van der Waals surface area (Å²) in [6.07, 6.45) is 3.56. The smallest absolute Gasteiger partial charge is 0.252 e. The van der Waals surface area contributed by atoms with Gasteiger partial charge in [0.2, 0.25) is 0 Å². The largest absolute Gasteiger partial charge is 0.372 e. The van der Waals surface area contributed by atoms with E-state index in [2.05, 4.69) is 45.4 Å². The van der Waals surface area contributed by atoms with Crippen molar-refractivity contribution in [2.45, 2.75) is 50.8 Å². The van der Waals surface area contributed by atoms with Gasteiger partial charge in [0.05, 0.1) is 0 Å². The molecule has 2 fully saturated rings. The van der Waals surface area contributed by atoms with Gasteiger partial charge >= 0.3 is 0 Å². The minimum atomic E-state index is 0.363. The van der Waals surface area contributed by atoms with E-state index in [1.807, 2.05) is 6.92 Å². The molecule has 1 aromatic carbocycles. The Morgan fingerprint density at radius 3 is 3.00 bits per heavy atom. The lowest BCUT2D eigenvalue weighted by molar-refractivity contribution is 0.109. The Morgan fingerprint density at radius 1 is 1.30 bits per heavy atom. The molecule has 0 radical (unpaired) electrons. The first-order valence-electron chi connectivity index (χ1n) is 8.57. The number of nitrogens with zero attached hydrogens (tertiary/aromatic N) is 3. The molecule has 3 heterocycles. The predicted octanol–water partition coefficient (Wildman–Crippen LogP) is 3.30. The zero-order chi connectivity index (χ0) is 15.6. The second kappa shape index (κ2) is 6.42. The van der Waals surface area contributed by atoms with E-state index in [9.17, 15) is 0 Å². The minimum absolute atomic E-state index is 0.363. The van der Waals surface area contributed by atoms with Crippen molar-refractivity contribution in [3.8, 4) is 0 Å². The summed E-state index contributed by atoms with van der Waals surface area (Å²) in [5.74, 6) is 1.81. The first-order chi connectivity index (χ1) is 11.4. The third-order valence-electron chi connectivity index (χ3n) is 5.11. The van der Waals surface area contributed by atoms with Crippen molar-refractivity contribution in [3.05, 3.63) is 47.6 Å². The number of fused-ring (bicyclic) bond motifs is 1. The highest BCUT2D eigenvalue weighted by Crippen LogP contribution is 2.48. The van der Waals surface area contributed by atoms with Crippen LogP contribution in [0.4, 0.5) is 0 Å². The van der Waals surface area contributed by atoms with E-state index in [1.54, 1.807) is 0 Å². The molecule has 5 nitrogen and oxygen atoms in total. The van der Waals surface area contributed by atoms with Crippen LogP contribution in [0.3, 0.4) is 0 Å². The van der Waals surface area contributed by atoms with Crippen LogP contribution in [0.2, 0.25) is 0 Å². The van der Waals surface area contributed by atoms with Crippen LogP contribution in [0.15, 0.2) is 34.9 Å². The second-order valence-electron chi connectivity index (χ2n) is 6.40. The molecule has 1 aromatic heterocycles. The maximum Gasteiger partial charge on any atom is 0.252 e. The third kappa shape index (κ3) is 2.79. The van der Waals surface area contributed by atoms with Crippen molar-refractivity contribution in [1.82, 2.24) is 15.0 Å². The van der Waals surface area contributed by atoms with E-state index in [0.717, 1.165) is 12.2 Å². The molecule has 0 saturated carbocycles. The standard InChI is InChI=1S/C18H23N3O2/c1-2-22-12-17-19-18(20-23-17)14-11-16(13-7-4-3-5-8-13)21-10-6-9-15(14)21/h3-5,7-8,14-16H,2,6,9-12H2,1H3/t14-,15+,16-/m1/s1. The van der Waals surface area contributed by atoms with Crippen LogP contribution in [0.5, 0.6) is 0 Å². The van der Waals surface area contributed by atoms with Crippen molar-refractivity contribution in [3.63, 3.8) is 0 Å². The van der Waals surface area contributed by atoms with E-state index in [0.29, 0.717) is 37.1 Å². The average Bonchev–Trinajstić information content (AvgIpc) is 3.29. The van der Waals surface area contributed by atoms with Gasteiger partial charge in [0.1, 0.15) is 6.61 Å². The molecular weight excluding hydrogens is 290 g/mol. The Morgan fingerprint density at radius 2 is 2.17 bits per heavy atom. The van der Waals surface area contributed by atoms with E-state index in [1.165, 1.54) is 24.9 Å². The van der Waals surface area contributed by atoms with Gasteiger partial charge in [-0.05, 0) is 38.3 Å². The zero-order valence-electron chi connectivity index (χ0n) is 13.5. The van der Waals surface area contributed by atoms with Gasteiger partial charge < -0.3 is 9.26 Å². The minimum Gasteiger partial charge on any atom is -0.372 e. The molecule has 0 spiro atoms. The lowest BCUT2D eigenvalue weighted by atomic mass is 9.94. The van der Waals surface area contributed by atoms with Gasteiger partial charge in [-0.1, -0.05) is 35.5 Å². The molecule has 0 unspecified atom stereocenters. The fourth-order valence-electron chi connectivity index (χ4n) is 4.11. The van der Waals surface area contributed by atoms with Gasteiger partial charge in [0, 0.05) is 24.6 Å². The highest BCUT2D eigenvalue weighted by molar-refractivity contribution is 5.24. The average molecular weight is 313 g/mol. The summed E-state index contributed by atoms with van der Waals surface area (Å²) in [4.78, 5) is 7.23. The Labute approximate surface area is 136 Å². The molecule has 0 amide bonds. The van der Waals surface area contributed by atoms with E-state index in [4.69, 9.17) is 9.26 Å².